The molecule has 0 aliphatic heterocycles. The Bertz CT molecular complexity index is 531. The lowest BCUT2D eigenvalue weighted by Gasteiger charge is -2.26. The molecule has 1 aliphatic rings. The van der Waals surface area contributed by atoms with Gasteiger partial charge in [0.05, 0.1) is 12.4 Å². The van der Waals surface area contributed by atoms with Crippen LogP contribution in [0.25, 0.3) is 0 Å². The number of hydrogen-bond acceptors (Lipinski definition) is 3. The molecule has 2 N–H and O–H groups in total. The Hall–Kier alpha value is -0.910. The van der Waals surface area contributed by atoms with Crippen molar-refractivity contribution in [2.75, 3.05) is 6.54 Å². The molecule has 0 bridgehead atoms. The predicted octanol–water partition coefficient (Wildman–Crippen LogP) is 2.42. The second kappa shape index (κ2) is 7.38. The fourth-order valence-electron chi connectivity index (χ4n) is 2.79. The van der Waals surface area contributed by atoms with Gasteiger partial charge >= 0.3 is 0 Å². The standard InChI is InChI=1S/C16H25NO3S/c1-13-2-4-14(5-3-13)10-17-21(19,20)12-16-8-6-15(11-18)7-9-16/h6-9,13-14,17-18H,2-5,10-12H2,1H3. The van der Waals surface area contributed by atoms with Gasteiger partial charge in [0.15, 0.2) is 0 Å². The molecule has 118 valence electrons. The van der Waals surface area contributed by atoms with Crippen molar-refractivity contribution < 1.29 is 13.5 Å². The van der Waals surface area contributed by atoms with E-state index >= 15 is 0 Å². The molecule has 0 heterocycles. The van der Waals surface area contributed by atoms with Gasteiger partial charge in [0.2, 0.25) is 10.0 Å². The molecular weight excluding hydrogens is 286 g/mol. The van der Waals surface area contributed by atoms with Crippen LogP contribution in [0.1, 0.15) is 43.7 Å². The first-order valence-corrected chi connectivity index (χ1v) is 9.30. The molecule has 0 radical (unpaired) electrons. The summed E-state index contributed by atoms with van der Waals surface area (Å²) < 4.78 is 26.9. The van der Waals surface area contributed by atoms with E-state index in [1.807, 2.05) is 0 Å². The highest BCUT2D eigenvalue weighted by Crippen LogP contribution is 2.27. The van der Waals surface area contributed by atoms with Crippen LogP contribution in [0.4, 0.5) is 0 Å². The van der Waals surface area contributed by atoms with Crippen LogP contribution in [0.5, 0.6) is 0 Å². The van der Waals surface area contributed by atoms with Gasteiger partial charge in [-0.3, -0.25) is 0 Å². The maximum atomic E-state index is 12.1. The average molecular weight is 311 g/mol. The van der Waals surface area contributed by atoms with E-state index in [0.717, 1.165) is 29.9 Å². The number of aliphatic hydroxyl groups excluding tert-OH is 1. The summed E-state index contributed by atoms with van der Waals surface area (Å²) in [6, 6.07) is 7.03. The molecular formula is C16H25NO3S. The van der Waals surface area contributed by atoms with Gasteiger partial charge in [-0.05, 0) is 35.8 Å². The zero-order chi connectivity index (χ0) is 15.3. The number of benzene rings is 1. The zero-order valence-electron chi connectivity index (χ0n) is 12.6. The maximum absolute atomic E-state index is 12.1. The third-order valence-electron chi connectivity index (χ3n) is 4.29. The number of rotatable bonds is 6. The van der Waals surface area contributed by atoms with Crippen molar-refractivity contribution in [1.82, 2.24) is 4.72 Å². The van der Waals surface area contributed by atoms with Crippen LogP contribution in [0.15, 0.2) is 24.3 Å². The van der Waals surface area contributed by atoms with Crippen LogP contribution in [-0.4, -0.2) is 20.1 Å². The lowest BCUT2D eigenvalue weighted by Crippen LogP contribution is -2.32. The fourth-order valence-corrected chi connectivity index (χ4v) is 4.01. The van der Waals surface area contributed by atoms with Crippen molar-refractivity contribution in [3.63, 3.8) is 0 Å². The van der Waals surface area contributed by atoms with Crippen molar-refractivity contribution in [3.05, 3.63) is 35.4 Å². The number of hydrogen-bond donors (Lipinski definition) is 2. The molecule has 0 atom stereocenters. The Labute approximate surface area is 127 Å². The predicted molar refractivity (Wildman–Crippen MR) is 84.1 cm³/mol. The Kier molecular flexibility index (Phi) is 5.79. The third-order valence-corrected chi connectivity index (χ3v) is 5.61. The van der Waals surface area contributed by atoms with Crippen molar-refractivity contribution in [3.8, 4) is 0 Å². The van der Waals surface area contributed by atoms with Crippen LogP contribution in [0, 0.1) is 11.8 Å². The molecule has 0 amide bonds. The normalized spacial score (nSPS) is 23.1. The minimum absolute atomic E-state index is 0.00182. The quantitative estimate of drug-likeness (QED) is 0.848. The Morgan fingerprint density at radius 2 is 1.67 bits per heavy atom. The van der Waals surface area contributed by atoms with Gasteiger partial charge in [0, 0.05) is 6.54 Å². The van der Waals surface area contributed by atoms with E-state index in [1.165, 1.54) is 12.8 Å². The first kappa shape index (κ1) is 16.5. The zero-order valence-corrected chi connectivity index (χ0v) is 13.4. The Morgan fingerprint density at radius 3 is 2.24 bits per heavy atom. The SMILES string of the molecule is CC1CCC(CNS(=O)(=O)Cc2ccc(CO)cc2)CC1. The number of sulfonamides is 1. The van der Waals surface area contributed by atoms with E-state index in [0.29, 0.717) is 12.5 Å². The largest absolute Gasteiger partial charge is 0.392 e. The summed E-state index contributed by atoms with van der Waals surface area (Å²) in [4.78, 5) is 0. The molecule has 5 heteroatoms. The summed E-state index contributed by atoms with van der Waals surface area (Å²) in [5.41, 5.74) is 1.54. The van der Waals surface area contributed by atoms with E-state index in [2.05, 4.69) is 11.6 Å². The maximum Gasteiger partial charge on any atom is 0.215 e. The molecule has 21 heavy (non-hydrogen) atoms. The molecule has 0 unspecified atom stereocenters. The Morgan fingerprint density at radius 1 is 1.10 bits per heavy atom. The van der Waals surface area contributed by atoms with Gasteiger partial charge in [-0.15, -0.1) is 0 Å². The van der Waals surface area contributed by atoms with E-state index in [4.69, 9.17) is 5.11 Å². The minimum Gasteiger partial charge on any atom is -0.392 e. The summed E-state index contributed by atoms with van der Waals surface area (Å²) in [5, 5.41) is 8.98. The van der Waals surface area contributed by atoms with Gasteiger partial charge in [-0.1, -0.05) is 44.0 Å². The van der Waals surface area contributed by atoms with Gasteiger partial charge in [0.1, 0.15) is 0 Å². The lowest BCUT2D eigenvalue weighted by atomic mass is 9.83. The first-order chi connectivity index (χ1) is 9.98. The summed E-state index contributed by atoms with van der Waals surface area (Å²) >= 11 is 0. The molecule has 4 nitrogen and oxygen atoms in total. The molecule has 0 spiro atoms. The molecule has 1 saturated carbocycles. The molecule has 1 fully saturated rings. The molecule has 0 saturated heterocycles. The second-order valence-corrected chi connectivity index (χ2v) is 8.01. The fraction of sp³-hybridized carbons (Fsp3) is 0.625. The van der Waals surface area contributed by atoms with E-state index in [-0.39, 0.29) is 12.4 Å². The highest BCUT2D eigenvalue weighted by atomic mass is 32.2. The molecule has 1 aromatic rings. The van der Waals surface area contributed by atoms with Gasteiger partial charge < -0.3 is 5.11 Å². The lowest BCUT2D eigenvalue weighted by molar-refractivity contribution is 0.282. The van der Waals surface area contributed by atoms with E-state index < -0.39 is 10.0 Å². The molecule has 1 aromatic carbocycles. The van der Waals surface area contributed by atoms with Crippen LogP contribution in [0.2, 0.25) is 0 Å². The smallest absolute Gasteiger partial charge is 0.215 e. The van der Waals surface area contributed by atoms with Crippen molar-refractivity contribution >= 4 is 10.0 Å². The van der Waals surface area contributed by atoms with Gasteiger partial charge in [0.25, 0.3) is 0 Å². The minimum atomic E-state index is -3.28. The summed E-state index contributed by atoms with van der Waals surface area (Å²) in [7, 11) is -3.28. The first-order valence-electron chi connectivity index (χ1n) is 7.64. The molecule has 0 aromatic heterocycles. The highest BCUT2D eigenvalue weighted by molar-refractivity contribution is 7.88. The van der Waals surface area contributed by atoms with Crippen LogP contribution in [-0.2, 0) is 22.4 Å². The van der Waals surface area contributed by atoms with E-state index in [1.54, 1.807) is 24.3 Å². The third kappa shape index (κ3) is 5.41. The number of nitrogens with one attached hydrogen (secondary N) is 1. The van der Waals surface area contributed by atoms with Crippen molar-refractivity contribution in [2.45, 2.75) is 45.0 Å². The highest BCUT2D eigenvalue weighted by Gasteiger charge is 2.20. The Balaban J connectivity index is 1.83. The summed E-state index contributed by atoms with van der Waals surface area (Å²) in [6.07, 6.45) is 4.65. The van der Waals surface area contributed by atoms with Crippen LogP contribution in [0.3, 0.4) is 0 Å². The number of aliphatic hydroxyl groups is 1. The summed E-state index contributed by atoms with van der Waals surface area (Å²) in [5.74, 6) is 1.26. The van der Waals surface area contributed by atoms with Crippen LogP contribution >= 0.6 is 0 Å². The second-order valence-electron chi connectivity index (χ2n) is 6.21. The van der Waals surface area contributed by atoms with Crippen molar-refractivity contribution in [1.29, 1.82) is 0 Å². The van der Waals surface area contributed by atoms with Crippen molar-refractivity contribution in [2.24, 2.45) is 11.8 Å². The monoisotopic (exact) mass is 311 g/mol. The molecule has 2 rings (SSSR count). The van der Waals surface area contributed by atoms with Crippen LogP contribution < -0.4 is 4.72 Å². The average Bonchev–Trinajstić information content (AvgIpc) is 2.47. The topological polar surface area (TPSA) is 66.4 Å². The van der Waals surface area contributed by atoms with E-state index in [9.17, 15) is 8.42 Å². The summed E-state index contributed by atoms with van der Waals surface area (Å²) in [6.45, 7) is 2.80. The van der Waals surface area contributed by atoms with Gasteiger partial charge in [-0.25, -0.2) is 13.1 Å². The molecule has 1 aliphatic carbocycles. The van der Waals surface area contributed by atoms with Gasteiger partial charge in [-0.2, -0.15) is 0 Å².